The Bertz CT molecular complexity index is 323. The topological polar surface area (TPSA) is 104 Å². The van der Waals surface area contributed by atoms with Gasteiger partial charge in [0.15, 0.2) is 0 Å². The third kappa shape index (κ3) is 4.77. The minimum absolute atomic E-state index is 0.484. The highest BCUT2D eigenvalue weighted by atomic mass is 32.2. The number of sulfonamides is 1. The van der Waals surface area contributed by atoms with E-state index in [1.54, 1.807) is 0 Å². The summed E-state index contributed by atoms with van der Waals surface area (Å²) in [5, 5.41) is 10.6. The number of carboxylic acids is 1. The Labute approximate surface area is 81.8 Å². The van der Waals surface area contributed by atoms with Crippen molar-refractivity contribution in [2.75, 3.05) is 26.4 Å². The molecule has 0 rings (SSSR count). The van der Waals surface area contributed by atoms with Gasteiger partial charge in [-0.1, -0.05) is 0 Å². The quantitative estimate of drug-likeness (QED) is 0.566. The minimum Gasteiger partial charge on any atom is -0.480 e. The molecule has 1 amide bonds. The molecule has 0 aliphatic carbocycles. The predicted octanol–water partition coefficient (Wildman–Crippen LogP) is -1.92. The second kappa shape index (κ2) is 4.91. The van der Waals surface area contributed by atoms with Crippen molar-refractivity contribution in [3.8, 4) is 0 Å². The van der Waals surface area contributed by atoms with Crippen LogP contribution in [0.3, 0.4) is 0 Å². The summed E-state index contributed by atoms with van der Waals surface area (Å²) in [4.78, 5) is 21.1. The molecule has 0 saturated heterocycles. The van der Waals surface area contributed by atoms with Crippen LogP contribution >= 0.6 is 0 Å². The standard InChI is InChI=1S/C6H12N2O5S/c1-7-5(9)3-8(4-6(10)11)14(2,12)13/h3-4H2,1-2H3,(H,7,9)(H,10,11). The molecule has 0 aliphatic heterocycles. The van der Waals surface area contributed by atoms with Crippen molar-refractivity contribution in [1.82, 2.24) is 9.62 Å². The van der Waals surface area contributed by atoms with Crippen LogP contribution in [0.2, 0.25) is 0 Å². The van der Waals surface area contributed by atoms with E-state index >= 15 is 0 Å². The predicted molar refractivity (Wildman–Crippen MR) is 48.1 cm³/mol. The molecule has 0 spiro atoms. The van der Waals surface area contributed by atoms with Crippen LogP contribution in [0, 0.1) is 0 Å². The van der Waals surface area contributed by atoms with Crippen molar-refractivity contribution < 1.29 is 23.1 Å². The van der Waals surface area contributed by atoms with Crippen LogP contribution < -0.4 is 5.32 Å². The molecule has 0 aromatic carbocycles. The number of likely N-dealkylation sites (N-methyl/N-ethyl adjacent to an activating group) is 1. The number of aliphatic carboxylic acids is 1. The Morgan fingerprint density at radius 1 is 1.36 bits per heavy atom. The van der Waals surface area contributed by atoms with Gasteiger partial charge in [-0.25, -0.2) is 8.42 Å². The van der Waals surface area contributed by atoms with Crippen LogP contribution in [-0.4, -0.2) is 56.1 Å². The van der Waals surface area contributed by atoms with Crippen molar-refractivity contribution in [2.45, 2.75) is 0 Å². The molecule has 0 heterocycles. The summed E-state index contributed by atoms with van der Waals surface area (Å²) in [6.45, 7) is -1.20. The maximum atomic E-state index is 11.0. The number of nitrogens with one attached hydrogen (secondary N) is 1. The Hall–Kier alpha value is -1.15. The second-order valence-electron chi connectivity index (χ2n) is 2.60. The summed E-state index contributed by atoms with van der Waals surface area (Å²) in [6.07, 6.45) is 0.846. The zero-order chi connectivity index (χ0) is 11.4. The molecule has 14 heavy (non-hydrogen) atoms. The van der Waals surface area contributed by atoms with E-state index in [0.29, 0.717) is 4.31 Å². The molecule has 7 nitrogen and oxygen atoms in total. The summed E-state index contributed by atoms with van der Waals surface area (Å²) in [7, 11) is -2.34. The van der Waals surface area contributed by atoms with Gasteiger partial charge in [0.25, 0.3) is 0 Å². The molecule has 0 bridgehead atoms. The van der Waals surface area contributed by atoms with Crippen molar-refractivity contribution in [3.63, 3.8) is 0 Å². The lowest BCUT2D eigenvalue weighted by molar-refractivity contribution is -0.137. The van der Waals surface area contributed by atoms with Gasteiger partial charge in [-0.3, -0.25) is 9.59 Å². The fourth-order valence-electron chi connectivity index (χ4n) is 0.681. The smallest absolute Gasteiger partial charge is 0.318 e. The Balaban J connectivity index is 4.58. The average Bonchev–Trinajstić information content (AvgIpc) is 2.00. The molecular weight excluding hydrogens is 212 g/mol. The highest BCUT2D eigenvalue weighted by Crippen LogP contribution is 1.96. The van der Waals surface area contributed by atoms with E-state index in [1.165, 1.54) is 7.05 Å². The fraction of sp³-hybridized carbons (Fsp3) is 0.667. The zero-order valence-corrected chi connectivity index (χ0v) is 8.67. The van der Waals surface area contributed by atoms with E-state index in [1.807, 2.05) is 0 Å². The van der Waals surface area contributed by atoms with Crippen LogP contribution in [0.1, 0.15) is 0 Å². The van der Waals surface area contributed by atoms with Gasteiger partial charge in [-0.05, 0) is 0 Å². The number of rotatable bonds is 5. The van der Waals surface area contributed by atoms with E-state index in [9.17, 15) is 18.0 Å². The molecule has 8 heteroatoms. The largest absolute Gasteiger partial charge is 0.480 e. The van der Waals surface area contributed by atoms with Gasteiger partial charge < -0.3 is 10.4 Å². The number of hydrogen-bond donors (Lipinski definition) is 2. The van der Waals surface area contributed by atoms with Gasteiger partial charge in [-0.2, -0.15) is 4.31 Å². The number of carbonyl (C=O) groups is 2. The van der Waals surface area contributed by atoms with Crippen LogP contribution in [0.15, 0.2) is 0 Å². The summed E-state index contributed by atoms with van der Waals surface area (Å²) >= 11 is 0. The lowest BCUT2D eigenvalue weighted by Gasteiger charge is -2.16. The Kier molecular flexibility index (Phi) is 4.51. The van der Waals surface area contributed by atoms with E-state index in [2.05, 4.69) is 5.32 Å². The number of carboxylic acid groups (broad SMARTS) is 1. The van der Waals surface area contributed by atoms with Crippen molar-refractivity contribution >= 4 is 21.9 Å². The highest BCUT2D eigenvalue weighted by Gasteiger charge is 2.21. The summed E-state index contributed by atoms with van der Waals surface area (Å²) < 4.78 is 22.6. The Morgan fingerprint density at radius 2 is 1.86 bits per heavy atom. The molecule has 0 atom stereocenters. The van der Waals surface area contributed by atoms with Gasteiger partial charge in [0.1, 0.15) is 6.54 Å². The van der Waals surface area contributed by atoms with Crippen LogP contribution in [0.4, 0.5) is 0 Å². The molecule has 0 radical (unpaired) electrons. The number of amides is 1. The lowest BCUT2D eigenvalue weighted by Crippen LogP contribution is -2.41. The first kappa shape index (κ1) is 12.8. The zero-order valence-electron chi connectivity index (χ0n) is 7.85. The van der Waals surface area contributed by atoms with Gasteiger partial charge >= 0.3 is 5.97 Å². The monoisotopic (exact) mass is 224 g/mol. The molecule has 0 fully saturated rings. The van der Waals surface area contributed by atoms with E-state index in [-0.39, 0.29) is 0 Å². The number of hydrogen-bond acceptors (Lipinski definition) is 4. The molecule has 0 aromatic rings. The molecule has 0 unspecified atom stereocenters. The van der Waals surface area contributed by atoms with Gasteiger partial charge in [0.2, 0.25) is 15.9 Å². The molecule has 0 saturated carbocycles. The minimum atomic E-state index is -3.67. The van der Waals surface area contributed by atoms with Crippen LogP contribution in [0.5, 0.6) is 0 Å². The third-order valence-corrected chi connectivity index (χ3v) is 2.58. The van der Waals surface area contributed by atoms with Crippen LogP contribution in [0.25, 0.3) is 0 Å². The molecule has 0 aliphatic rings. The summed E-state index contributed by atoms with van der Waals surface area (Å²) in [5.41, 5.74) is 0. The van der Waals surface area contributed by atoms with Crippen molar-refractivity contribution in [3.05, 3.63) is 0 Å². The van der Waals surface area contributed by atoms with E-state index in [0.717, 1.165) is 6.26 Å². The number of carbonyl (C=O) groups excluding carboxylic acids is 1. The van der Waals surface area contributed by atoms with E-state index < -0.39 is 35.0 Å². The molecule has 0 aromatic heterocycles. The SMILES string of the molecule is CNC(=O)CN(CC(=O)O)S(C)(=O)=O. The van der Waals surface area contributed by atoms with Crippen molar-refractivity contribution in [2.24, 2.45) is 0 Å². The first-order valence-corrected chi connectivity index (χ1v) is 5.49. The number of nitrogens with zero attached hydrogens (tertiary/aromatic N) is 1. The third-order valence-electron chi connectivity index (χ3n) is 1.38. The van der Waals surface area contributed by atoms with Gasteiger partial charge in [0, 0.05) is 7.05 Å². The molecule has 2 N–H and O–H groups in total. The van der Waals surface area contributed by atoms with Crippen LogP contribution in [-0.2, 0) is 19.6 Å². The maximum absolute atomic E-state index is 11.0. The van der Waals surface area contributed by atoms with E-state index in [4.69, 9.17) is 5.11 Å². The Morgan fingerprint density at radius 3 is 2.14 bits per heavy atom. The average molecular weight is 224 g/mol. The van der Waals surface area contributed by atoms with Gasteiger partial charge in [0.05, 0.1) is 12.8 Å². The summed E-state index contributed by atoms with van der Waals surface area (Å²) in [6, 6.07) is 0. The lowest BCUT2D eigenvalue weighted by atomic mass is 10.5. The first-order valence-electron chi connectivity index (χ1n) is 3.65. The first-order chi connectivity index (χ1) is 6.27. The second-order valence-corrected chi connectivity index (χ2v) is 4.58. The maximum Gasteiger partial charge on any atom is 0.318 e. The fourth-order valence-corrected chi connectivity index (χ4v) is 1.38. The molecular formula is C6H12N2O5S. The highest BCUT2D eigenvalue weighted by molar-refractivity contribution is 7.88. The van der Waals surface area contributed by atoms with Crippen molar-refractivity contribution in [1.29, 1.82) is 0 Å². The molecule has 82 valence electrons. The summed E-state index contributed by atoms with van der Waals surface area (Å²) in [5.74, 6) is -1.86. The normalized spacial score (nSPS) is 11.4. The van der Waals surface area contributed by atoms with Gasteiger partial charge in [-0.15, -0.1) is 0 Å².